The maximum absolute atomic E-state index is 11.0. The van der Waals surface area contributed by atoms with E-state index < -0.39 is 12.1 Å². The van der Waals surface area contributed by atoms with Gasteiger partial charge in [-0.2, -0.15) is 0 Å². The number of rotatable bonds is 9. The van der Waals surface area contributed by atoms with Crippen LogP contribution < -0.4 is 5.32 Å². The number of aryl methyl sites for hydroxylation is 1. The fraction of sp³-hybridized carbons (Fsp3) is 0.500. The maximum Gasteiger partial charge on any atom is 0.217 e. The summed E-state index contributed by atoms with van der Waals surface area (Å²) < 4.78 is 0. The van der Waals surface area contributed by atoms with E-state index in [-0.39, 0.29) is 12.5 Å². The van der Waals surface area contributed by atoms with E-state index >= 15 is 0 Å². The number of hydrogen-bond donors (Lipinski definition) is 3. The Bertz CT molecular complexity index is 468. The molecule has 1 aromatic rings. The van der Waals surface area contributed by atoms with Gasteiger partial charge in [0.05, 0.1) is 18.8 Å². The number of carbonyl (C=O) groups excluding carboxylic acids is 1. The molecule has 0 radical (unpaired) electrons. The van der Waals surface area contributed by atoms with Crippen LogP contribution in [0.15, 0.2) is 30.3 Å². The minimum atomic E-state index is -0.918. The predicted octanol–water partition coefficient (Wildman–Crippen LogP) is 2.29. The SMILES string of the molecule is CCCCCc1ccc(/C=C/[C@H](O)C(CO)NC(C)=O)cc1. The third kappa shape index (κ3) is 6.87. The van der Waals surface area contributed by atoms with Crippen LogP contribution in [0.2, 0.25) is 0 Å². The van der Waals surface area contributed by atoms with Gasteiger partial charge in [0.1, 0.15) is 0 Å². The standard InChI is InChI=1S/C18H27NO3/c1-3-4-5-6-15-7-9-16(10-8-15)11-12-18(22)17(13-20)19-14(2)21/h7-12,17-18,20,22H,3-6,13H2,1-2H3,(H,19,21)/b12-11+/t17?,18-/m0/s1. The summed E-state index contributed by atoms with van der Waals surface area (Å²) in [6.07, 6.45) is 7.24. The molecule has 1 rings (SSSR count). The molecular formula is C18H27NO3. The van der Waals surface area contributed by atoms with Gasteiger partial charge in [-0.25, -0.2) is 0 Å². The summed E-state index contributed by atoms with van der Waals surface area (Å²) in [5, 5.41) is 21.6. The quantitative estimate of drug-likeness (QED) is 0.613. The number of nitrogens with one attached hydrogen (secondary N) is 1. The molecular weight excluding hydrogens is 278 g/mol. The second-order valence-corrected chi connectivity index (χ2v) is 5.54. The summed E-state index contributed by atoms with van der Waals surface area (Å²) in [4.78, 5) is 11.0. The molecule has 0 heterocycles. The molecule has 0 saturated carbocycles. The molecule has 2 atom stereocenters. The Kier molecular flexibility index (Phi) is 8.48. The maximum atomic E-state index is 11.0. The zero-order valence-corrected chi connectivity index (χ0v) is 13.5. The molecule has 1 unspecified atom stereocenters. The summed E-state index contributed by atoms with van der Waals surface area (Å²) in [5.41, 5.74) is 2.30. The molecule has 22 heavy (non-hydrogen) atoms. The first kappa shape index (κ1) is 18.4. The molecule has 0 aliphatic carbocycles. The predicted molar refractivity (Wildman–Crippen MR) is 89.4 cm³/mol. The summed E-state index contributed by atoms with van der Waals surface area (Å²) in [7, 11) is 0. The number of unbranched alkanes of at least 4 members (excludes halogenated alkanes) is 2. The van der Waals surface area contributed by atoms with Crippen molar-refractivity contribution in [2.45, 2.75) is 51.7 Å². The highest BCUT2D eigenvalue weighted by molar-refractivity contribution is 5.73. The third-order valence-electron chi connectivity index (χ3n) is 3.53. The van der Waals surface area contributed by atoms with E-state index in [1.54, 1.807) is 12.2 Å². The highest BCUT2D eigenvalue weighted by Crippen LogP contribution is 2.11. The lowest BCUT2D eigenvalue weighted by Gasteiger charge is -2.18. The topological polar surface area (TPSA) is 69.6 Å². The molecule has 4 heteroatoms. The Morgan fingerprint density at radius 3 is 2.50 bits per heavy atom. The van der Waals surface area contributed by atoms with Crippen LogP contribution in [0.5, 0.6) is 0 Å². The van der Waals surface area contributed by atoms with E-state index in [1.807, 2.05) is 12.1 Å². The lowest BCUT2D eigenvalue weighted by Crippen LogP contribution is -2.44. The molecule has 122 valence electrons. The highest BCUT2D eigenvalue weighted by atomic mass is 16.3. The van der Waals surface area contributed by atoms with Crippen LogP contribution in [-0.4, -0.2) is 34.9 Å². The Balaban J connectivity index is 2.55. The largest absolute Gasteiger partial charge is 0.394 e. The molecule has 0 aliphatic heterocycles. The van der Waals surface area contributed by atoms with Gasteiger partial charge in [0.25, 0.3) is 0 Å². The number of carbonyl (C=O) groups is 1. The third-order valence-corrected chi connectivity index (χ3v) is 3.53. The van der Waals surface area contributed by atoms with Crippen LogP contribution in [0.4, 0.5) is 0 Å². The molecule has 1 amide bonds. The van der Waals surface area contributed by atoms with E-state index in [4.69, 9.17) is 0 Å². The number of hydrogen-bond acceptors (Lipinski definition) is 3. The van der Waals surface area contributed by atoms with Gasteiger partial charge < -0.3 is 15.5 Å². The second kappa shape index (κ2) is 10.1. The van der Waals surface area contributed by atoms with Crippen molar-refractivity contribution >= 4 is 12.0 Å². The smallest absolute Gasteiger partial charge is 0.217 e. The Morgan fingerprint density at radius 1 is 1.27 bits per heavy atom. The summed E-state index contributed by atoms with van der Waals surface area (Å²) in [5.74, 6) is -0.275. The highest BCUT2D eigenvalue weighted by Gasteiger charge is 2.16. The zero-order valence-electron chi connectivity index (χ0n) is 13.5. The minimum absolute atomic E-state index is 0.275. The molecule has 0 aliphatic rings. The normalized spacial score (nSPS) is 14.0. The molecule has 0 fully saturated rings. The van der Waals surface area contributed by atoms with Crippen molar-refractivity contribution in [1.82, 2.24) is 5.32 Å². The minimum Gasteiger partial charge on any atom is -0.394 e. The Morgan fingerprint density at radius 2 is 1.95 bits per heavy atom. The van der Waals surface area contributed by atoms with E-state index in [0.29, 0.717) is 0 Å². The molecule has 0 saturated heterocycles. The van der Waals surface area contributed by atoms with E-state index in [0.717, 1.165) is 12.0 Å². The first-order valence-corrected chi connectivity index (χ1v) is 7.90. The summed E-state index contributed by atoms with van der Waals surface area (Å²) >= 11 is 0. The van der Waals surface area contributed by atoms with Crippen LogP contribution >= 0.6 is 0 Å². The molecule has 0 bridgehead atoms. The van der Waals surface area contributed by atoms with Crippen molar-refractivity contribution < 1.29 is 15.0 Å². The monoisotopic (exact) mass is 305 g/mol. The van der Waals surface area contributed by atoms with E-state index in [2.05, 4.69) is 24.4 Å². The van der Waals surface area contributed by atoms with Crippen molar-refractivity contribution in [2.24, 2.45) is 0 Å². The van der Waals surface area contributed by atoms with Gasteiger partial charge in [0.2, 0.25) is 5.91 Å². The molecule has 1 aromatic carbocycles. The Labute approximate surface area is 132 Å². The average Bonchev–Trinajstić information content (AvgIpc) is 2.51. The van der Waals surface area contributed by atoms with Crippen molar-refractivity contribution in [3.8, 4) is 0 Å². The van der Waals surface area contributed by atoms with Gasteiger partial charge in [-0.3, -0.25) is 4.79 Å². The van der Waals surface area contributed by atoms with Gasteiger partial charge in [-0.1, -0.05) is 56.2 Å². The fourth-order valence-electron chi connectivity index (χ4n) is 2.22. The lowest BCUT2D eigenvalue weighted by atomic mass is 10.0. The fourth-order valence-corrected chi connectivity index (χ4v) is 2.22. The molecule has 3 N–H and O–H groups in total. The van der Waals surface area contributed by atoms with Crippen LogP contribution in [0.3, 0.4) is 0 Å². The molecule has 0 spiro atoms. The van der Waals surface area contributed by atoms with Gasteiger partial charge in [0.15, 0.2) is 0 Å². The first-order valence-electron chi connectivity index (χ1n) is 7.90. The molecule has 4 nitrogen and oxygen atoms in total. The van der Waals surface area contributed by atoms with Gasteiger partial charge >= 0.3 is 0 Å². The number of aliphatic hydroxyl groups is 2. The van der Waals surface area contributed by atoms with E-state index in [9.17, 15) is 15.0 Å². The summed E-state index contributed by atoms with van der Waals surface area (Å²) in [6.45, 7) is 3.25. The van der Waals surface area contributed by atoms with Gasteiger partial charge in [0, 0.05) is 6.92 Å². The number of amides is 1. The van der Waals surface area contributed by atoms with Crippen LogP contribution in [0.25, 0.3) is 6.08 Å². The van der Waals surface area contributed by atoms with Crippen LogP contribution in [0.1, 0.15) is 44.2 Å². The zero-order chi connectivity index (χ0) is 16.4. The lowest BCUT2D eigenvalue weighted by molar-refractivity contribution is -0.120. The van der Waals surface area contributed by atoms with Crippen LogP contribution in [-0.2, 0) is 11.2 Å². The van der Waals surface area contributed by atoms with Crippen molar-refractivity contribution in [1.29, 1.82) is 0 Å². The second-order valence-electron chi connectivity index (χ2n) is 5.54. The first-order chi connectivity index (χ1) is 10.6. The van der Waals surface area contributed by atoms with Crippen LogP contribution in [0, 0.1) is 0 Å². The molecule has 0 aromatic heterocycles. The Hall–Kier alpha value is -1.65. The van der Waals surface area contributed by atoms with Gasteiger partial charge in [-0.15, -0.1) is 0 Å². The number of aliphatic hydroxyl groups excluding tert-OH is 2. The summed E-state index contributed by atoms with van der Waals surface area (Å²) in [6, 6.07) is 7.54. The van der Waals surface area contributed by atoms with Crippen molar-refractivity contribution in [3.63, 3.8) is 0 Å². The van der Waals surface area contributed by atoms with Crippen molar-refractivity contribution in [3.05, 3.63) is 41.5 Å². The number of benzene rings is 1. The van der Waals surface area contributed by atoms with E-state index in [1.165, 1.54) is 31.7 Å². The van der Waals surface area contributed by atoms with Crippen molar-refractivity contribution in [2.75, 3.05) is 6.61 Å². The average molecular weight is 305 g/mol. The van der Waals surface area contributed by atoms with Gasteiger partial charge in [-0.05, 0) is 24.0 Å².